The van der Waals surface area contributed by atoms with Crippen molar-refractivity contribution in [3.05, 3.63) is 35.4 Å². The Morgan fingerprint density at radius 1 is 1.39 bits per heavy atom. The molecule has 1 rings (SSSR count). The van der Waals surface area contributed by atoms with Crippen molar-refractivity contribution >= 4 is 23.6 Å². The van der Waals surface area contributed by atoms with Crippen molar-refractivity contribution in [3.63, 3.8) is 0 Å². The van der Waals surface area contributed by atoms with Crippen LogP contribution in [0.5, 0.6) is 0 Å². The molecule has 0 aliphatic carbocycles. The second-order valence-corrected chi connectivity index (χ2v) is 5.11. The number of likely N-dealkylation sites (N-methyl/N-ethyl adjacent to an activating group) is 1. The fraction of sp³-hybridized carbons (Fsp3) is 0.385. The zero-order chi connectivity index (χ0) is 13.5. The number of nitrogens with zero attached hydrogens (tertiary/aromatic N) is 1. The lowest BCUT2D eigenvalue weighted by Crippen LogP contribution is -2.33. The predicted molar refractivity (Wildman–Crippen MR) is 72.6 cm³/mol. The van der Waals surface area contributed by atoms with Crippen LogP contribution in [-0.4, -0.2) is 41.2 Å². The summed E-state index contributed by atoms with van der Waals surface area (Å²) in [5, 5.41) is 8.57. The molecule has 0 heterocycles. The molecule has 1 N–H and O–H groups in total. The Hall–Kier alpha value is -1.49. The van der Waals surface area contributed by atoms with Gasteiger partial charge < -0.3 is 10.0 Å². The first-order chi connectivity index (χ1) is 8.49. The van der Waals surface area contributed by atoms with Crippen LogP contribution in [0.2, 0.25) is 0 Å². The number of hydrogen-bond donors (Lipinski definition) is 1. The van der Waals surface area contributed by atoms with E-state index in [0.717, 1.165) is 5.75 Å². The van der Waals surface area contributed by atoms with Crippen molar-refractivity contribution in [3.8, 4) is 0 Å². The Balaban J connectivity index is 2.33. The van der Waals surface area contributed by atoms with Gasteiger partial charge in [0.1, 0.15) is 6.54 Å². The predicted octanol–water partition coefficient (Wildman–Crippen LogP) is 1.77. The summed E-state index contributed by atoms with van der Waals surface area (Å²) >= 11 is 1.49. The van der Waals surface area contributed by atoms with Gasteiger partial charge in [-0.05, 0) is 12.5 Å². The standard InChI is InChI=1S/C13H17NO3S/c1-10-4-3-5-11(6-10)8-18-9-12(15)14(2)7-13(16)17/h3-6H,7-9H2,1-2H3,(H,16,17). The summed E-state index contributed by atoms with van der Waals surface area (Å²) in [6.07, 6.45) is 0. The molecule has 0 aromatic heterocycles. The number of carboxylic acid groups (broad SMARTS) is 1. The first-order valence-corrected chi connectivity index (χ1v) is 6.73. The molecule has 1 aromatic carbocycles. The van der Waals surface area contributed by atoms with E-state index in [-0.39, 0.29) is 12.5 Å². The number of rotatable bonds is 6. The van der Waals surface area contributed by atoms with E-state index in [1.165, 1.54) is 34.8 Å². The van der Waals surface area contributed by atoms with Crippen molar-refractivity contribution in [1.29, 1.82) is 0 Å². The molecule has 0 saturated carbocycles. The van der Waals surface area contributed by atoms with Crippen molar-refractivity contribution in [2.24, 2.45) is 0 Å². The monoisotopic (exact) mass is 267 g/mol. The maximum Gasteiger partial charge on any atom is 0.323 e. The third-order valence-electron chi connectivity index (χ3n) is 2.37. The summed E-state index contributed by atoms with van der Waals surface area (Å²) in [6.45, 7) is 1.78. The van der Waals surface area contributed by atoms with E-state index in [1.807, 2.05) is 25.1 Å². The van der Waals surface area contributed by atoms with Gasteiger partial charge in [-0.15, -0.1) is 11.8 Å². The number of aliphatic carboxylic acids is 1. The maximum atomic E-state index is 11.6. The number of carboxylic acids is 1. The average Bonchev–Trinajstić information content (AvgIpc) is 2.28. The highest BCUT2D eigenvalue weighted by Gasteiger charge is 2.11. The Morgan fingerprint density at radius 3 is 2.72 bits per heavy atom. The van der Waals surface area contributed by atoms with Gasteiger partial charge in [-0.1, -0.05) is 29.8 Å². The maximum absolute atomic E-state index is 11.6. The SMILES string of the molecule is Cc1cccc(CSCC(=O)N(C)CC(=O)O)c1. The van der Waals surface area contributed by atoms with E-state index in [0.29, 0.717) is 5.75 Å². The lowest BCUT2D eigenvalue weighted by Gasteiger charge is -2.14. The number of carbonyl (C=O) groups excluding carboxylic acids is 1. The number of carbonyl (C=O) groups is 2. The summed E-state index contributed by atoms with van der Waals surface area (Å²) in [5.74, 6) is -0.0870. The zero-order valence-electron chi connectivity index (χ0n) is 10.5. The van der Waals surface area contributed by atoms with Crippen molar-refractivity contribution in [2.75, 3.05) is 19.3 Å². The van der Waals surface area contributed by atoms with E-state index in [2.05, 4.69) is 6.07 Å². The lowest BCUT2D eigenvalue weighted by molar-refractivity contribution is -0.142. The van der Waals surface area contributed by atoms with Crippen molar-refractivity contribution in [1.82, 2.24) is 4.90 Å². The number of hydrogen-bond acceptors (Lipinski definition) is 3. The van der Waals surface area contributed by atoms with Gasteiger partial charge in [-0.2, -0.15) is 0 Å². The Bertz CT molecular complexity index is 434. The summed E-state index contributed by atoms with van der Waals surface area (Å²) < 4.78 is 0. The quantitative estimate of drug-likeness (QED) is 0.853. The van der Waals surface area contributed by atoms with E-state index in [4.69, 9.17) is 5.11 Å². The Labute approximate surface area is 111 Å². The van der Waals surface area contributed by atoms with Gasteiger partial charge in [0.05, 0.1) is 5.75 Å². The molecule has 0 bridgehead atoms. The van der Waals surface area contributed by atoms with Crippen LogP contribution in [0.15, 0.2) is 24.3 Å². The molecule has 0 unspecified atom stereocenters. The molecule has 0 aliphatic rings. The molecular formula is C13H17NO3S. The third kappa shape index (κ3) is 5.23. The molecule has 4 nitrogen and oxygen atoms in total. The van der Waals surface area contributed by atoms with E-state index in [9.17, 15) is 9.59 Å². The van der Waals surface area contributed by atoms with Crippen LogP contribution in [-0.2, 0) is 15.3 Å². The molecule has 0 saturated heterocycles. The average molecular weight is 267 g/mol. The molecule has 0 aliphatic heterocycles. The van der Waals surface area contributed by atoms with Crippen LogP contribution in [0.3, 0.4) is 0 Å². The lowest BCUT2D eigenvalue weighted by atomic mass is 10.2. The van der Waals surface area contributed by atoms with Crippen LogP contribution in [0.4, 0.5) is 0 Å². The van der Waals surface area contributed by atoms with Crippen LogP contribution in [0, 0.1) is 6.92 Å². The van der Waals surface area contributed by atoms with E-state index >= 15 is 0 Å². The topological polar surface area (TPSA) is 57.6 Å². The molecule has 1 aromatic rings. The van der Waals surface area contributed by atoms with Crippen molar-refractivity contribution < 1.29 is 14.7 Å². The Morgan fingerprint density at radius 2 is 2.11 bits per heavy atom. The molecule has 5 heteroatoms. The van der Waals surface area contributed by atoms with Crippen LogP contribution in [0.1, 0.15) is 11.1 Å². The molecule has 0 fully saturated rings. The van der Waals surface area contributed by atoms with Gasteiger partial charge >= 0.3 is 5.97 Å². The van der Waals surface area contributed by atoms with Crippen LogP contribution < -0.4 is 0 Å². The van der Waals surface area contributed by atoms with Gasteiger partial charge in [-0.25, -0.2) is 0 Å². The molecule has 0 spiro atoms. The number of amides is 1. The highest BCUT2D eigenvalue weighted by Crippen LogP contribution is 2.13. The molecule has 0 atom stereocenters. The normalized spacial score (nSPS) is 10.1. The van der Waals surface area contributed by atoms with Crippen LogP contribution >= 0.6 is 11.8 Å². The highest BCUT2D eigenvalue weighted by molar-refractivity contribution is 7.99. The second-order valence-electron chi connectivity index (χ2n) is 4.13. The van der Waals surface area contributed by atoms with E-state index in [1.54, 1.807) is 0 Å². The van der Waals surface area contributed by atoms with Gasteiger partial charge in [0.2, 0.25) is 5.91 Å². The smallest absolute Gasteiger partial charge is 0.323 e. The number of aryl methyl sites for hydroxylation is 1. The molecule has 0 radical (unpaired) electrons. The first-order valence-electron chi connectivity index (χ1n) is 5.58. The number of benzene rings is 1. The third-order valence-corrected chi connectivity index (χ3v) is 3.36. The minimum absolute atomic E-state index is 0.157. The number of thioether (sulfide) groups is 1. The van der Waals surface area contributed by atoms with Gasteiger partial charge in [0.15, 0.2) is 0 Å². The van der Waals surface area contributed by atoms with E-state index < -0.39 is 5.97 Å². The largest absolute Gasteiger partial charge is 0.480 e. The minimum Gasteiger partial charge on any atom is -0.480 e. The molecular weight excluding hydrogens is 250 g/mol. The highest BCUT2D eigenvalue weighted by atomic mass is 32.2. The second kappa shape index (κ2) is 7.06. The van der Waals surface area contributed by atoms with Crippen molar-refractivity contribution in [2.45, 2.75) is 12.7 Å². The van der Waals surface area contributed by atoms with Gasteiger partial charge in [-0.3, -0.25) is 9.59 Å². The van der Waals surface area contributed by atoms with Crippen LogP contribution in [0.25, 0.3) is 0 Å². The van der Waals surface area contributed by atoms with Gasteiger partial charge in [0.25, 0.3) is 0 Å². The molecule has 98 valence electrons. The molecule has 1 amide bonds. The summed E-state index contributed by atoms with van der Waals surface area (Å²) in [6, 6.07) is 8.12. The zero-order valence-corrected chi connectivity index (χ0v) is 11.4. The Kier molecular flexibility index (Phi) is 5.71. The first kappa shape index (κ1) is 14.6. The summed E-state index contributed by atoms with van der Waals surface area (Å²) in [5.41, 5.74) is 2.37. The summed E-state index contributed by atoms with van der Waals surface area (Å²) in [4.78, 5) is 23.3. The summed E-state index contributed by atoms with van der Waals surface area (Å²) in [7, 11) is 1.50. The minimum atomic E-state index is -0.991. The fourth-order valence-corrected chi connectivity index (χ4v) is 2.37. The fourth-order valence-electron chi connectivity index (χ4n) is 1.46. The van der Waals surface area contributed by atoms with Gasteiger partial charge in [0, 0.05) is 12.8 Å². The molecule has 18 heavy (non-hydrogen) atoms.